The van der Waals surface area contributed by atoms with Gasteiger partial charge in [-0.15, -0.1) is 0 Å². The zero-order chi connectivity index (χ0) is 21.7. The van der Waals surface area contributed by atoms with Crippen LogP contribution in [0.1, 0.15) is 48.5 Å². The molecule has 1 unspecified atom stereocenters. The number of hydrogen-bond donors (Lipinski definition) is 3. The van der Waals surface area contributed by atoms with Crippen LogP contribution in [0.5, 0.6) is 0 Å². The van der Waals surface area contributed by atoms with E-state index in [2.05, 4.69) is 10.6 Å². The van der Waals surface area contributed by atoms with E-state index in [-0.39, 0.29) is 42.8 Å². The summed E-state index contributed by atoms with van der Waals surface area (Å²) in [5.41, 5.74) is 2.19. The van der Waals surface area contributed by atoms with Crippen molar-refractivity contribution >= 4 is 29.8 Å². The van der Waals surface area contributed by atoms with E-state index in [9.17, 15) is 24.3 Å². The topological polar surface area (TPSA) is 119 Å². The monoisotopic (exact) mass is 416 g/mol. The van der Waals surface area contributed by atoms with Gasteiger partial charge < -0.3 is 20.2 Å². The number of fused-ring (bicyclic) bond motifs is 1. The van der Waals surface area contributed by atoms with Crippen molar-refractivity contribution in [2.24, 2.45) is 0 Å². The van der Waals surface area contributed by atoms with Gasteiger partial charge in [0.15, 0.2) is 0 Å². The van der Waals surface area contributed by atoms with Crippen LogP contribution in [0.25, 0.3) is 0 Å². The van der Waals surface area contributed by atoms with Crippen molar-refractivity contribution in [3.63, 3.8) is 0 Å². The molecule has 9 nitrogen and oxygen atoms in total. The van der Waals surface area contributed by atoms with Crippen LogP contribution in [-0.4, -0.2) is 70.8 Å². The molecule has 1 aromatic rings. The maximum Gasteiger partial charge on any atom is 0.254 e. The van der Waals surface area contributed by atoms with Gasteiger partial charge in [0.25, 0.3) is 5.91 Å². The maximum atomic E-state index is 12.8. The van der Waals surface area contributed by atoms with E-state index >= 15 is 0 Å². The second-order valence-corrected chi connectivity index (χ2v) is 7.80. The average Bonchev–Trinajstić information content (AvgIpc) is 3.08. The molecule has 1 saturated heterocycles. The van der Waals surface area contributed by atoms with Gasteiger partial charge in [-0.2, -0.15) is 0 Å². The first-order chi connectivity index (χ1) is 14.4. The number of nitrogens with one attached hydrogen (secondary N) is 2. The number of rotatable bonds is 8. The molecule has 1 aromatic carbocycles. The number of amides is 4. The summed E-state index contributed by atoms with van der Waals surface area (Å²) in [6.07, 6.45) is 1.82. The molecule has 2 aliphatic heterocycles. The van der Waals surface area contributed by atoms with Crippen molar-refractivity contribution in [3.8, 4) is 0 Å². The number of hydrogen-bond acceptors (Lipinski definition) is 6. The number of likely N-dealkylation sites (tertiary alicyclic amines) is 1. The molecule has 30 heavy (non-hydrogen) atoms. The lowest BCUT2D eigenvalue weighted by Crippen LogP contribution is -2.42. The molecule has 0 spiro atoms. The molecule has 0 saturated carbocycles. The highest BCUT2D eigenvalue weighted by Crippen LogP contribution is 2.31. The molecule has 0 aromatic heterocycles. The Morgan fingerprint density at radius 3 is 2.73 bits per heavy atom. The number of piperidine rings is 1. The molecule has 0 bridgehead atoms. The van der Waals surface area contributed by atoms with Crippen molar-refractivity contribution in [2.75, 3.05) is 25.0 Å². The normalized spacial score (nSPS) is 17.5. The number of aliphatic hydroxyl groups excluding tert-OH is 1. The molecule has 9 heteroatoms. The first-order valence-electron chi connectivity index (χ1n) is 10.3. The van der Waals surface area contributed by atoms with Crippen LogP contribution < -0.4 is 10.6 Å². The number of carbonyl (C=O) groups excluding carboxylic acids is 4. The number of nitrogens with zero attached hydrogens (tertiary/aromatic N) is 2. The van der Waals surface area contributed by atoms with E-state index in [1.54, 1.807) is 21.9 Å². The van der Waals surface area contributed by atoms with Crippen LogP contribution in [-0.2, 0) is 20.9 Å². The number of anilines is 1. The van der Waals surface area contributed by atoms with Crippen LogP contribution in [0.2, 0.25) is 0 Å². The summed E-state index contributed by atoms with van der Waals surface area (Å²) < 4.78 is 0. The first-order valence-corrected chi connectivity index (χ1v) is 10.3. The fraction of sp³-hybridized carbons (Fsp3) is 0.524. The second kappa shape index (κ2) is 9.71. The van der Waals surface area contributed by atoms with E-state index in [1.165, 1.54) is 0 Å². The summed E-state index contributed by atoms with van der Waals surface area (Å²) in [6.45, 7) is 3.51. The van der Waals surface area contributed by atoms with E-state index in [1.807, 2.05) is 13.0 Å². The number of aliphatic hydroxyl groups is 1. The van der Waals surface area contributed by atoms with Crippen molar-refractivity contribution in [3.05, 3.63) is 29.3 Å². The Labute approximate surface area is 175 Å². The third kappa shape index (κ3) is 4.96. The minimum Gasteiger partial charge on any atom is -0.393 e. The van der Waals surface area contributed by atoms with Gasteiger partial charge in [-0.1, -0.05) is 6.07 Å². The zero-order valence-corrected chi connectivity index (χ0v) is 17.1. The molecule has 1 fully saturated rings. The Kier molecular flexibility index (Phi) is 7.04. The van der Waals surface area contributed by atoms with Gasteiger partial charge in [0.2, 0.25) is 18.2 Å². The van der Waals surface area contributed by atoms with E-state index in [0.29, 0.717) is 50.9 Å². The lowest BCUT2D eigenvalue weighted by Gasteiger charge is -2.29. The lowest BCUT2D eigenvalue weighted by atomic mass is 10.1. The summed E-state index contributed by atoms with van der Waals surface area (Å²) in [4.78, 5) is 50.6. The molecule has 2 aliphatic rings. The predicted octanol–water partition coefficient (Wildman–Crippen LogP) is 0.479. The van der Waals surface area contributed by atoms with Crippen LogP contribution in [0.4, 0.5) is 5.69 Å². The molecule has 162 valence electrons. The van der Waals surface area contributed by atoms with Crippen molar-refractivity contribution < 1.29 is 24.3 Å². The first kappa shape index (κ1) is 21.8. The van der Waals surface area contributed by atoms with Gasteiger partial charge in [0.05, 0.1) is 12.6 Å². The lowest BCUT2D eigenvalue weighted by molar-refractivity contribution is -0.131. The Morgan fingerprint density at radius 2 is 2.03 bits per heavy atom. The van der Waals surface area contributed by atoms with Crippen molar-refractivity contribution in [1.82, 2.24) is 15.1 Å². The minimum absolute atomic E-state index is 0.0322. The second-order valence-electron chi connectivity index (χ2n) is 7.80. The predicted molar refractivity (Wildman–Crippen MR) is 110 cm³/mol. The van der Waals surface area contributed by atoms with Crippen LogP contribution in [0.3, 0.4) is 0 Å². The third-order valence-corrected chi connectivity index (χ3v) is 5.78. The van der Waals surface area contributed by atoms with Gasteiger partial charge in [-0.3, -0.25) is 24.5 Å². The maximum absolute atomic E-state index is 12.8. The number of carbonyl (C=O) groups is 4. The van der Waals surface area contributed by atoms with Crippen LogP contribution in [0, 0.1) is 0 Å². The standard InChI is InChI=1S/C21H28N4O5/c1-14(5-6-19(28)23-13-26)25-12-17-16(21(25)30)3-2-4-18(17)22-11-20(29)24-9-7-15(27)8-10-24/h2-4,13-15,22,27H,5-12H2,1H3,(H,23,26,28). The van der Waals surface area contributed by atoms with E-state index in [4.69, 9.17) is 0 Å². The van der Waals surface area contributed by atoms with Gasteiger partial charge in [-0.25, -0.2) is 0 Å². The van der Waals surface area contributed by atoms with E-state index in [0.717, 1.165) is 11.3 Å². The Balaban J connectivity index is 1.60. The Hall–Kier alpha value is -2.94. The van der Waals surface area contributed by atoms with Crippen LogP contribution >= 0.6 is 0 Å². The fourth-order valence-electron chi connectivity index (χ4n) is 3.91. The molecular weight excluding hydrogens is 388 g/mol. The highest BCUT2D eigenvalue weighted by molar-refractivity contribution is 6.00. The Morgan fingerprint density at radius 1 is 1.30 bits per heavy atom. The SMILES string of the molecule is CC(CCC(=O)NC=O)N1Cc2c(NCC(=O)N3CCC(O)CC3)cccc2C1=O. The van der Waals surface area contributed by atoms with Crippen LogP contribution in [0.15, 0.2) is 18.2 Å². The highest BCUT2D eigenvalue weighted by atomic mass is 16.3. The van der Waals surface area contributed by atoms with Gasteiger partial charge in [-0.05, 0) is 38.3 Å². The summed E-state index contributed by atoms with van der Waals surface area (Å²) in [6, 6.07) is 5.23. The Bertz CT molecular complexity index is 820. The smallest absolute Gasteiger partial charge is 0.254 e. The van der Waals surface area contributed by atoms with Gasteiger partial charge >= 0.3 is 0 Å². The molecule has 4 amide bonds. The largest absolute Gasteiger partial charge is 0.393 e. The molecule has 0 aliphatic carbocycles. The summed E-state index contributed by atoms with van der Waals surface area (Å²) in [5, 5.41) is 14.9. The summed E-state index contributed by atoms with van der Waals surface area (Å²) in [5.74, 6) is -0.504. The van der Waals surface area contributed by atoms with Crippen molar-refractivity contribution in [1.29, 1.82) is 0 Å². The number of benzene rings is 1. The van der Waals surface area contributed by atoms with E-state index < -0.39 is 0 Å². The molecule has 0 radical (unpaired) electrons. The average molecular weight is 416 g/mol. The fourth-order valence-corrected chi connectivity index (χ4v) is 3.91. The van der Waals surface area contributed by atoms with Gasteiger partial charge in [0.1, 0.15) is 0 Å². The highest BCUT2D eigenvalue weighted by Gasteiger charge is 2.32. The van der Waals surface area contributed by atoms with Crippen molar-refractivity contribution in [2.45, 2.75) is 51.3 Å². The zero-order valence-electron chi connectivity index (χ0n) is 17.1. The molecule has 2 heterocycles. The molecular formula is C21H28N4O5. The number of imide groups is 1. The minimum atomic E-state index is -0.368. The molecule has 3 rings (SSSR count). The van der Waals surface area contributed by atoms with Gasteiger partial charge in [0, 0.05) is 48.9 Å². The summed E-state index contributed by atoms with van der Waals surface area (Å²) in [7, 11) is 0. The molecule has 1 atom stereocenters. The molecule has 3 N–H and O–H groups in total. The quantitative estimate of drug-likeness (QED) is 0.531. The third-order valence-electron chi connectivity index (χ3n) is 5.78. The summed E-state index contributed by atoms with van der Waals surface area (Å²) >= 11 is 0.